The van der Waals surface area contributed by atoms with Crippen molar-refractivity contribution in [2.24, 2.45) is 0 Å². The zero-order chi connectivity index (χ0) is 13.8. The second kappa shape index (κ2) is 6.10. The molecule has 1 heterocycles. The van der Waals surface area contributed by atoms with E-state index in [1.807, 2.05) is 0 Å². The zero-order valence-corrected chi connectivity index (χ0v) is 10.6. The normalized spacial score (nSPS) is 19.5. The fourth-order valence-electron chi connectivity index (χ4n) is 2.44. The highest BCUT2D eigenvalue weighted by atomic mass is 19.2. The van der Waals surface area contributed by atoms with Crippen LogP contribution in [0.3, 0.4) is 0 Å². The van der Waals surface area contributed by atoms with Crippen molar-refractivity contribution in [2.75, 3.05) is 13.2 Å². The first-order chi connectivity index (χ1) is 9.11. The van der Waals surface area contributed by atoms with E-state index in [0.29, 0.717) is 12.1 Å². The van der Waals surface area contributed by atoms with Crippen molar-refractivity contribution < 1.29 is 18.7 Å². The first-order valence-electron chi connectivity index (χ1n) is 6.46. The first-order valence-corrected chi connectivity index (χ1v) is 6.46. The number of benzene rings is 1. The van der Waals surface area contributed by atoms with Crippen molar-refractivity contribution in [1.82, 2.24) is 4.90 Å². The number of rotatable bonds is 3. The molecule has 0 bridgehead atoms. The fourth-order valence-corrected chi connectivity index (χ4v) is 2.44. The van der Waals surface area contributed by atoms with Crippen molar-refractivity contribution in [1.29, 1.82) is 0 Å². The van der Waals surface area contributed by atoms with Crippen LogP contribution in [-0.2, 0) is 11.2 Å². The average Bonchev–Trinajstić information content (AvgIpc) is 2.43. The lowest BCUT2D eigenvalue weighted by molar-refractivity contribution is -0.135. The molecule has 1 aliphatic rings. The Labute approximate surface area is 110 Å². The summed E-state index contributed by atoms with van der Waals surface area (Å²) < 4.78 is 25.9. The summed E-state index contributed by atoms with van der Waals surface area (Å²) in [5.74, 6) is -2.00. The van der Waals surface area contributed by atoms with Gasteiger partial charge >= 0.3 is 0 Å². The van der Waals surface area contributed by atoms with Crippen LogP contribution < -0.4 is 0 Å². The monoisotopic (exact) mass is 269 g/mol. The predicted molar refractivity (Wildman–Crippen MR) is 66.5 cm³/mol. The van der Waals surface area contributed by atoms with E-state index in [-0.39, 0.29) is 25.0 Å². The van der Waals surface area contributed by atoms with E-state index in [0.717, 1.165) is 31.4 Å². The van der Waals surface area contributed by atoms with Gasteiger partial charge in [-0.25, -0.2) is 8.78 Å². The third kappa shape index (κ3) is 3.29. The second-order valence-electron chi connectivity index (χ2n) is 4.84. The molecule has 0 aliphatic carbocycles. The Bertz CT molecular complexity index is 465. The molecule has 1 unspecified atom stereocenters. The summed E-state index contributed by atoms with van der Waals surface area (Å²) in [7, 11) is 0. The predicted octanol–water partition coefficient (Wildman–Crippen LogP) is 1.88. The van der Waals surface area contributed by atoms with Crippen LogP contribution in [0, 0.1) is 11.6 Å². The number of carbonyl (C=O) groups excluding carboxylic acids is 1. The SMILES string of the molecule is O=C(Cc1ccc(F)c(F)c1)N1CCCCC1CO. The summed E-state index contributed by atoms with van der Waals surface area (Å²) in [6.45, 7) is 0.567. The minimum Gasteiger partial charge on any atom is -0.394 e. The van der Waals surface area contributed by atoms with Crippen molar-refractivity contribution in [2.45, 2.75) is 31.7 Å². The largest absolute Gasteiger partial charge is 0.394 e. The molecule has 0 aromatic heterocycles. The lowest BCUT2D eigenvalue weighted by atomic mass is 10.0. The summed E-state index contributed by atoms with van der Waals surface area (Å²) in [4.78, 5) is 13.8. The molecular weight excluding hydrogens is 252 g/mol. The highest BCUT2D eigenvalue weighted by Gasteiger charge is 2.25. The maximum absolute atomic E-state index is 13.1. The Morgan fingerprint density at radius 1 is 1.32 bits per heavy atom. The highest BCUT2D eigenvalue weighted by molar-refractivity contribution is 5.79. The number of aliphatic hydroxyl groups excluding tert-OH is 1. The van der Waals surface area contributed by atoms with E-state index in [4.69, 9.17) is 0 Å². The van der Waals surface area contributed by atoms with Crippen LogP contribution in [0.5, 0.6) is 0 Å². The molecule has 1 aromatic carbocycles. The first kappa shape index (κ1) is 13.9. The molecule has 0 radical (unpaired) electrons. The van der Waals surface area contributed by atoms with Gasteiger partial charge < -0.3 is 10.0 Å². The molecule has 19 heavy (non-hydrogen) atoms. The van der Waals surface area contributed by atoms with Crippen LogP contribution in [0.1, 0.15) is 24.8 Å². The van der Waals surface area contributed by atoms with Crippen LogP contribution in [0.15, 0.2) is 18.2 Å². The summed E-state index contributed by atoms with van der Waals surface area (Å²) in [6, 6.07) is 3.34. The third-order valence-corrected chi connectivity index (χ3v) is 3.50. The van der Waals surface area contributed by atoms with Gasteiger partial charge in [0.1, 0.15) is 0 Å². The Morgan fingerprint density at radius 2 is 2.11 bits per heavy atom. The molecule has 2 rings (SSSR count). The molecule has 1 saturated heterocycles. The number of nitrogens with zero attached hydrogens (tertiary/aromatic N) is 1. The molecule has 1 fully saturated rings. The topological polar surface area (TPSA) is 40.5 Å². The van der Waals surface area contributed by atoms with Gasteiger partial charge in [-0.3, -0.25) is 4.79 Å². The Morgan fingerprint density at radius 3 is 2.79 bits per heavy atom. The molecule has 1 atom stereocenters. The Hall–Kier alpha value is -1.49. The van der Waals surface area contributed by atoms with E-state index in [1.165, 1.54) is 6.07 Å². The molecule has 104 valence electrons. The van der Waals surface area contributed by atoms with Gasteiger partial charge in [-0.05, 0) is 37.0 Å². The highest BCUT2D eigenvalue weighted by Crippen LogP contribution is 2.18. The number of likely N-dealkylation sites (tertiary alicyclic amines) is 1. The smallest absolute Gasteiger partial charge is 0.227 e. The maximum Gasteiger partial charge on any atom is 0.227 e. The summed E-state index contributed by atoms with van der Waals surface area (Å²) >= 11 is 0. The summed E-state index contributed by atoms with van der Waals surface area (Å²) in [5, 5.41) is 9.25. The van der Waals surface area contributed by atoms with Gasteiger partial charge in [0.25, 0.3) is 0 Å². The molecule has 1 N–H and O–H groups in total. The number of hydrogen-bond donors (Lipinski definition) is 1. The standard InChI is InChI=1S/C14H17F2NO2/c15-12-5-4-10(7-13(12)16)8-14(19)17-6-2-1-3-11(17)9-18/h4-5,7,11,18H,1-3,6,8-9H2. The maximum atomic E-state index is 13.1. The van der Waals surface area contributed by atoms with Gasteiger partial charge in [-0.15, -0.1) is 0 Å². The van der Waals surface area contributed by atoms with Crippen LogP contribution >= 0.6 is 0 Å². The number of carbonyl (C=O) groups is 1. The number of halogens is 2. The van der Waals surface area contributed by atoms with Gasteiger partial charge in [0.05, 0.1) is 19.1 Å². The van der Waals surface area contributed by atoms with Crippen LogP contribution in [0.25, 0.3) is 0 Å². The van der Waals surface area contributed by atoms with Crippen molar-refractivity contribution >= 4 is 5.91 Å². The Kier molecular flexibility index (Phi) is 4.47. The number of amides is 1. The molecule has 1 amide bonds. The van der Waals surface area contributed by atoms with Gasteiger partial charge in [-0.1, -0.05) is 6.07 Å². The molecule has 1 aliphatic heterocycles. The van der Waals surface area contributed by atoms with E-state index in [9.17, 15) is 18.7 Å². The van der Waals surface area contributed by atoms with E-state index >= 15 is 0 Å². The van der Waals surface area contributed by atoms with Crippen LogP contribution in [-0.4, -0.2) is 35.1 Å². The average molecular weight is 269 g/mol. The van der Waals surface area contributed by atoms with Gasteiger partial charge in [0, 0.05) is 6.54 Å². The molecular formula is C14H17F2NO2. The fraction of sp³-hybridized carbons (Fsp3) is 0.500. The van der Waals surface area contributed by atoms with Gasteiger partial charge in [0.2, 0.25) is 5.91 Å². The minimum atomic E-state index is -0.942. The lowest BCUT2D eigenvalue weighted by Crippen LogP contribution is -2.46. The van der Waals surface area contributed by atoms with Gasteiger partial charge in [-0.2, -0.15) is 0 Å². The summed E-state index contributed by atoms with van der Waals surface area (Å²) in [6.07, 6.45) is 2.74. The Balaban J connectivity index is 2.05. The van der Waals surface area contributed by atoms with E-state index < -0.39 is 11.6 Å². The van der Waals surface area contributed by atoms with Crippen molar-refractivity contribution in [3.8, 4) is 0 Å². The zero-order valence-electron chi connectivity index (χ0n) is 10.6. The summed E-state index contributed by atoms with van der Waals surface area (Å²) in [5.41, 5.74) is 0.450. The van der Waals surface area contributed by atoms with Crippen LogP contribution in [0.4, 0.5) is 8.78 Å². The molecule has 0 saturated carbocycles. The lowest BCUT2D eigenvalue weighted by Gasteiger charge is -2.34. The number of aliphatic hydroxyl groups is 1. The van der Waals surface area contributed by atoms with E-state index in [1.54, 1.807) is 4.90 Å². The van der Waals surface area contributed by atoms with Crippen molar-refractivity contribution in [3.05, 3.63) is 35.4 Å². The number of hydrogen-bond acceptors (Lipinski definition) is 2. The molecule has 5 heteroatoms. The number of piperidine rings is 1. The van der Waals surface area contributed by atoms with Crippen LogP contribution in [0.2, 0.25) is 0 Å². The third-order valence-electron chi connectivity index (χ3n) is 3.50. The molecule has 0 spiro atoms. The quantitative estimate of drug-likeness (QED) is 0.910. The molecule has 1 aromatic rings. The van der Waals surface area contributed by atoms with Gasteiger partial charge in [0.15, 0.2) is 11.6 Å². The van der Waals surface area contributed by atoms with E-state index in [2.05, 4.69) is 0 Å². The minimum absolute atomic E-state index is 0.0354. The van der Waals surface area contributed by atoms with Crippen molar-refractivity contribution in [3.63, 3.8) is 0 Å². The second-order valence-corrected chi connectivity index (χ2v) is 4.84. The molecule has 3 nitrogen and oxygen atoms in total.